The number of methoxy groups -OCH3 is 1. The average Bonchev–Trinajstić information content (AvgIpc) is 3.32. The number of amides is 1. The van der Waals surface area contributed by atoms with Gasteiger partial charge in [-0.25, -0.2) is 4.79 Å². The molecule has 0 aliphatic carbocycles. The number of esters is 1. The van der Waals surface area contributed by atoms with Crippen molar-refractivity contribution in [2.45, 2.75) is 13.5 Å². The van der Waals surface area contributed by atoms with Gasteiger partial charge < -0.3 is 19.2 Å². The molecule has 2 aromatic heterocycles. The van der Waals surface area contributed by atoms with Crippen LogP contribution in [0.2, 0.25) is 0 Å². The summed E-state index contributed by atoms with van der Waals surface area (Å²) in [5.41, 5.74) is 0.746. The number of rotatable bonds is 7. The van der Waals surface area contributed by atoms with Crippen LogP contribution in [0.1, 0.15) is 32.4 Å². The first-order chi connectivity index (χ1) is 14.3. The Bertz CT molecular complexity index is 1120. The molecule has 0 unspecified atom stereocenters. The first-order valence-electron chi connectivity index (χ1n) is 8.68. The van der Waals surface area contributed by atoms with Crippen molar-refractivity contribution in [3.8, 4) is 5.75 Å². The highest BCUT2D eigenvalue weighted by molar-refractivity contribution is 6.06. The molecule has 156 valence electrons. The number of nitro benzene ring substituents is 1. The van der Waals surface area contributed by atoms with Crippen LogP contribution in [0.4, 0.5) is 11.4 Å². The predicted octanol–water partition coefficient (Wildman–Crippen LogP) is 2.85. The first kappa shape index (κ1) is 20.6. The summed E-state index contributed by atoms with van der Waals surface area (Å²) in [6.07, 6.45) is 1.33. The van der Waals surface area contributed by atoms with Gasteiger partial charge in [-0.05, 0) is 31.2 Å². The minimum atomic E-state index is -0.641. The Hall–Kier alpha value is -4.15. The van der Waals surface area contributed by atoms with Gasteiger partial charge in [0, 0.05) is 18.7 Å². The lowest BCUT2D eigenvalue weighted by atomic mass is 10.2. The van der Waals surface area contributed by atoms with E-state index in [1.54, 1.807) is 26.1 Å². The molecular weight excluding hydrogens is 396 g/mol. The fourth-order valence-electron chi connectivity index (χ4n) is 2.71. The standard InChI is InChI=1S/C19H18N4O7/c1-11-8-12(4-6-15(11)23(26)27)29-10-13-5-7-16(30-13)18(24)21-14-9-20-22(2)17(14)19(25)28-3/h4-9H,10H2,1-3H3,(H,21,24). The number of aromatic nitrogens is 2. The summed E-state index contributed by atoms with van der Waals surface area (Å²) >= 11 is 0. The van der Waals surface area contributed by atoms with E-state index in [2.05, 4.69) is 15.2 Å². The van der Waals surface area contributed by atoms with Crippen LogP contribution in [0.3, 0.4) is 0 Å². The zero-order valence-corrected chi connectivity index (χ0v) is 16.4. The van der Waals surface area contributed by atoms with Gasteiger partial charge in [-0.2, -0.15) is 5.10 Å². The number of hydrogen-bond acceptors (Lipinski definition) is 8. The van der Waals surface area contributed by atoms with Gasteiger partial charge >= 0.3 is 5.97 Å². The van der Waals surface area contributed by atoms with Gasteiger partial charge in [0.05, 0.1) is 23.9 Å². The third-order valence-electron chi connectivity index (χ3n) is 4.20. The van der Waals surface area contributed by atoms with Crippen molar-refractivity contribution in [1.82, 2.24) is 9.78 Å². The quantitative estimate of drug-likeness (QED) is 0.354. The second kappa shape index (κ2) is 8.47. The lowest BCUT2D eigenvalue weighted by Gasteiger charge is -2.06. The van der Waals surface area contributed by atoms with Gasteiger partial charge in [0.1, 0.15) is 18.1 Å². The number of carbonyl (C=O) groups excluding carboxylic acids is 2. The maximum Gasteiger partial charge on any atom is 0.358 e. The molecule has 0 saturated heterocycles. The molecule has 2 heterocycles. The van der Waals surface area contributed by atoms with Crippen molar-refractivity contribution >= 4 is 23.3 Å². The largest absolute Gasteiger partial charge is 0.486 e. The number of ether oxygens (including phenoxy) is 2. The third-order valence-corrected chi connectivity index (χ3v) is 4.20. The van der Waals surface area contributed by atoms with Gasteiger partial charge in [-0.1, -0.05) is 0 Å². The number of nitro groups is 1. The normalized spacial score (nSPS) is 10.5. The van der Waals surface area contributed by atoms with Crippen LogP contribution in [0, 0.1) is 17.0 Å². The molecule has 1 N–H and O–H groups in total. The Balaban J connectivity index is 1.65. The van der Waals surface area contributed by atoms with Crippen molar-refractivity contribution in [3.63, 3.8) is 0 Å². The van der Waals surface area contributed by atoms with Crippen LogP contribution in [0.5, 0.6) is 5.75 Å². The Kier molecular flexibility index (Phi) is 5.81. The monoisotopic (exact) mass is 414 g/mol. The van der Waals surface area contributed by atoms with E-state index in [9.17, 15) is 19.7 Å². The van der Waals surface area contributed by atoms with Crippen molar-refractivity contribution in [3.05, 3.63) is 69.4 Å². The average molecular weight is 414 g/mol. The van der Waals surface area contributed by atoms with Gasteiger partial charge in [-0.3, -0.25) is 19.6 Å². The van der Waals surface area contributed by atoms with Crippen LogP contribution < -0.4 is 10.1 Å². The summed E-state index contributed by atoms with van der Waals surface area (Å²) in [5, 5.41) is 17.4. The topological polar surface area (TPSA) is 139 Å². The highest BCUT2D eigenvalue weighted by Gasteiger charge is 2.21. The molecule has 0 bridgehead atoms. The van der Waals surface area contributed by atoms with Gasteiger partial charge in [0.25, 0.3) is 11.6 Å². The number of hydrogen-bond donors (Lipinski definition) is 1. The van der Waals surface area contributed by atoms with E-state index in [1.807, 2.05) is 0 Å². The second-order valence-corrected chi connectivity index (χ2v) is 6.24. The first-order valence-corrected chi connectivity index (χ1v) is 8.68. The molecule has 3 aromatic rings. The molecule has 1 amide bonds. The Morgan fingerprint density at radius 2 is 2.07 bits per heavy atom. The van der Waals surface area contributed by atoms with E-state index >= 15 is 0 Å². The number of anilines is 1. The zero-order valence-electron chi connectivity index (χ0n) is 16.4. The molecule has 0 atom stereocenters. The summed E-state index contributed by atoms with van der Waals surface area (Å²) in [6.45, 7) is 1.63. The van der Waals surface area contributed by atoms with E-state index in [4.69, 9.17) is 9.15 Å². The maximum atomic E-state index is 12.4. The number of nitrogens with zero attached hydrogens (tertiary/aromatic N) is 3. The number of carbonyl (C=O) groups is 2. The van der Waals surface area contributed by atoms with E-state index < -0.39 is 16.8 Å². The molecule has 0 radical (unpaired) electrons. The van der Waals surface area contributed by atoms with E-state index in [-0.39, 0.29) is 29.4 Å². The molecule has 0 saturated carbocycles. The summed E-state index contributed by atoms with van der Waals surface area (Å²) in [5.74, 6) is -0.412. The Labute approximate surface area is 170 Å². The van der Waals surface area contributed by atoms with E-state index in [0.29, 0.717) is 17.1 Å². The molecule has 0 fully saturated rings. The SMILES string of the molecule is COC(=O)c1c(NC(=O)c2ccc(COc3ccc([N+](=O)[O-])c(C)c3)o2)cnn1C. The van der Waals surface area contributed by atoms with Crippen molar-refractivity contribution in [1.29, 1.82) is 0 Å². The molecule has 11 nitrogen and oxygen atoms in total. The second-order valence-electron chi connectivity index (χ2n) is 6.24. The molecule has 0 aliphatic heterocycles. The molecule has 0 aliphatic rings. The number of furan rings is 1. The lowest BCUT2D eigenvalue weighted by Crippen LogP contribution is -2.16. The molecular formula is C19H18N4O7. The minimum Gasteiger partial charge on any atom is -0.486 e. The number of nitrogens with one attached hydrogen (secondary N) is 1. The Morgan fingerprint density at radius 1 is 1.30 bits per heavy atom. The highest BCUT2D eigenvalue weighted by Crippen LogP contribution is 2.24. The summed E-state index contributed by atoms with van der Waals surface area (Å²) < 4.78 is 17.0. The fraction of sp³-hybridized carbons (Fsp3) is 0.211. The Morgan fingerprint density at radius 3 is 2.73 bits per heavy atom. The number of aryl methyl sites for hydroxylation is 2. The van der Waals surface area contributed by atoms with E-state index in [0.717, 1.165) is 0 Å². The summed E-state index contributed by atoms with van der Waals surface area (Å²) in [6, 6.07) is 7.42. The molecule has 0 spiro atoms. The van der Waals surface area contributed by atoms with Gasteiger partial charge in [0.2, 0.25) is 0 Å². The summed E-state index contributed by atoms with van der Waals surface area (Å²) in [4.78, 5) is 34.7. The van der Waals surface area contributed by atoms with Gasteiger partial charge in [0.15, 0.2) is 11.5 Å². The number of benzene rings is 1. The maximum absolute atomic E-state index is 12.4. The van der Waals surface area contributed by atoms with Crippen molar-refractivity contribution in [2.24, 2.45) is 7.05 Å². The van der Waals surface area contributed by atoms with Crippen LogP contribution in [-0.2, 0) is 18.4 Å². The summed E-state index contributed by atoms with van der Waals surface area (Å²) in [7, 11) is 2.77. The molecule has 30 heavy (non-hydrogen) atoms. The lowest BCUT2D eigenvalue weighted by molar-refractivity contribution is -0.385. The molecule has 1 aromatic carbocycles. The molecule has 3 rings (SSSR count). The smallest absolute Gasteiger partial charge is 0.358 e. The fourth-order valence-corrected chi connectivity index (χ4v) is 2.71. The van der Waals surface area contributed by atoms with Crippen LogP contribution in [0.25, 0.3) is 0 Å². The highest BCUT2D eigenvalue weighted by atomic mass is 16.6. The minimum absolute atomic E-state index is 0.000955. The van der Waals surface area contributed by atoms with Crippen LogP contribution in [0.15, 0.2) is 40.9 Å². The zero-order chi connectivity index (χ0) is 21.8. The predicted molar refractivity (Wildman–Crippen MR) is 103 cm³/mol. The van der Waals surface area contributed by atoms with Crippen LogP contribution >= 0.6 is 0 Å². The van der Waals surface area contributed by atoms with E-state index in [1.165, 1.54) is 36.2 Å². The van der Waals surface area contributed by atoms with Crippen molar-refractivity contribution < 1.29 is 28.4 Å². The van der Waals surface area contributed by atoms with Crippen LogP contribution in [-0.4, -0.2) is 33.7 Å². The third kappa shape index (κ3) is 4.29. The molecule has 11 heteroatoms. The van der Waals surface area contributed by atoms with Crippen molar-refractivity contribution in [2.75, 3.05) is 12.4 Å². The van der Waals surface area contributed by atoms with Gasteiger partial charge in [-0.15, -0.1) is 0 Å².